The molecule has 130 valence electrons. The summed E-state index contributed by atoms with van der Waals surface area (Å²) in [5.74, 6) is 2.71. The number of nitrogens with one attached hydrogen (secondary N) is 2. The number of halogens is 2. The van der Waals surface area contributed by atoms with E-state index in [9.17, 15) is 0 Å². The molecule has 0 aliphatic heterocycles. The Hall–Kier alpha value is -2.18. The SMILES string of the molecule is Cc1nc(-c2ccc(Cl)cc2Cl)nc(Nc2n[nH]c(C(C)C)n2)c1C. The third kappa shape index (κ3) is 3.75. The lowest BCUT2D eigenvalue weighted by Crippen LogP contribution is -2.04. The van der Waals surface area contributed by atoms with Crippen molar-refractivity contribution in [1.82, 2.24) is 25.1 Å². The Kier molecular flexibility index (Phi) is 4.92. The van der Waals surface area contributed by atoms with E-state index in [1.807, 2.05) is 33.8 Å². The third-order valence-corrected chi connectivity index (χ3v) is 4.39. The molecule has 6 nitrogen and oxygen atoms in total. The molecule has 3 aromatic rings. The minimum absolute atomic E-state index is 0.264. The van der Waals surface area contributed by atoms with Crippen LogP contribution in [-0.4, -0.2) is 25.1 Å². The van der Waals surface area contributed by atoms with E-state index in [-0.39, 0.29) is 5.92 Å². The van der Waals surface area contributed by atoms with Crippen molar-refractivity contribution in [2.75, 3.05) is 5.32 Å². The van der Waals surface area contributed by atoms with Gasteiger partial charge in [0.05, 0.1) is 5.02 Å². The number of aryl methyl sites for hydroxylation is 1. The molecular weight excluding hydrogens is 359 g/mol. The minimum atomic E-state index is 0.264. The second-order valence-corrected chi connectivity index (χ2v) is 6.90. The van der Waals surface area contributed by atoms with Gasteiger partial charge < -0.3 is 5.32 Å². The van der Waals surface area contributed by atoms with Crippen molar-refractivity contribution in [1.29, 1.82) is 0 Å². The van der Waals surface area contributed by atoms with Gasteiger partial charge in [0, 0.05) is 27.8 Å². The van der Waals surface area contributed by atoms with Crippen molar-refractivity contribution >= 4 is 35.0 Å². The van der Waals surface area contributed by atoms with E-state index in [0.717, 1.165) is 22.6 Å². The molecule has 0 aliphatic rings. The first-order valence-electron chi connectivity index (χ1n) is 7.85. The topological polar surface area (TPSA) is 79.4 Å². The lowest BCUT2D eigenvalue weighted by molar-refractivity contribution is 0.781. The summed E-state index contributed by atoms with van der Waals surface area (Å²) in [5, 5.41) is 11.3. The average molecular weight is 377 g/mol. The van der Waals surface area contributed by atoms with Crippen molar-refractivity contribution in [2.45, 2.75) is 33.6 Å². The van der Waals surface area contributed by atoms with Crippen LogP contribution < -0.4 is 5.32 Å². The highest BCUT2D eigenvalue weighted by atomic mass is 35.5. The zero-order valence-corrected chi connectivity index (χ0v) is 15.9. The first kappa shape index (κ1) is 17.6. The molecule has 0 radical (unpaired) electrons. The van der Waals surface area contributed by atoms with Gasteiger partial charge in [-0.2, -0.15) is 4.98 Å². The highest BCUT2D eigenvalue weighted by Crippen LogP contribution is 2.30. The van der Waals surface area contributed by atoms with Gasteiger partial charge in [-0.05, 0) is 32.0 Å². The molecule has 0 spiro atoms. The number of H-pyrrole nitrogens is 1. The Morgan fingerprint density at radius 2 is 1.84 bits per heavy atom. The summed E-state index contributed by atoms with van der Waals surface area (Å²) in [6.07, 6.45) is 0. The van der Waals surface area contributed by atoms with Crippen molar-refractivity contribution in [3.05, 3.63) is 45.3 Å². The zero-order valence-electron chi connectivity index (χ0n) is 14.4. The normalized spacial score (nSPS) is 11.2. The molecule has 2 N–H and O–H groups in total. The molecule has 0 amide bonds. The molecular formula is C17H18Cl2N6. The summed E-state index contributed by atoms with van der Waals surface area (Å²) in [4.78, 5) is 13.6. The van der Waals surface area contributed by atoms with Gasteiger partial charge in [-0.25, -0.2) is 9.97 Å². The fraction of sp³-hybridized carbons (Fsp3) is 0.294. The van der Waals surface area contributed by atoms with Crippen molar-refractivity contribution in [3.63, 3.8) is 0 Å². The molecule has 2 heterocycles. The van der Waals surface area contributed by atoms with Crippen LogP contribution in [0, 0.1) is 13.8 Å². The largest absolute Gasteiger partial charge is 0.307 e. The second kappa shape index (κ2) is 6.98. The van der Waals surface area contributed by atoms with E-state index in [2.05, 4.69) is 30.5 Å². The van der Waals surface area contributed by atoms with Gasteiger partial charge >= 0.3 is 0 Å². The predicted molar refractivity (Wildman–Crippen MR) is 101 cm³/mol. The fourth-order valence-corrected chi connectivity index (χ4v) is 2.73. The molecule has 2 aromatic heterocycles. The van der Waals surface area contributed by atoms with Crippen LogP contribution in [0.5, 0.6) is 0 Å². The van der Waals surface area contributed by atoms with Gasteiger partial charge in [-0.3, -0.25) is 5.10 Å². The van der Waals surface area contributed by atoms with Crippen molar-refractivity contribution in [3.8, 4) is 11.4 Å². The molecule has 0 bridgehead atoms. The lowest BCUT2D eigenvalue weighted by atomic mass is 10.2. The maximum absolute atomic E-state index is 6.29. The summed E-state index contributed by atoms with van der Waals surface area (Å²) in [7, 11) is 0. The minimum Gasteiger partial charge on any atom is -0.307 e. The monoisotopic (exact) mass is 376 g/mol. The number of aromatic nitrogens is 5. The Balaban J connectivity index is 2.00. The zero-order chi connectivity index (χ0) is 18.1. The van der Waals surface area contributed by atoms with Gasteiger partial charge in [0.15, 0.2) is 5.82 Å². The highest BCUT2D eigenvalue weighted by molar-refractivity contribution is 6.36. The van der Waals surface area contributed by atoms with Gasteiger partial charge in [-0.1, -0.05) is 37.0 Å². The smallest absolute Gasteiger partial charge is 0.247 e. The third-order valence-electron chi connectivity index (χ3n) is 3.84. The quantitative estimate of drug-likeness (QED) is 0.665. The Labute approximate surface area is 156 Å². The molecule has 1 aromatic carbocycles. The van der Waals surface area contributed by atoms with E-state index in [1.54, 1.807) is 12.1 Å². The standard InChI is InChI=1S/C17H18Cl2N6/c1-8(2)14-22-17(25-24-14)23-15-9(3)10(4)20-16(21-15)12-6-5-11(18)7-13(12)19/h5-8H,1-4H3,(H2,20,21,22,23,24,25). The molecule has 8 heteroatoms. The maximum atomic E-state index is 6.29. The van der Waals surface area contributed by atoms with Crippen molar-refractivity contribution in [2.24, 2.45) is 0 Å². The van der Waals surface area contributed by atoms with Gasteiger partial charge in [-0.15, -0.1) is 5.10 Å². The summed E-state index contributed by atoms with van der Waals surface area (Å²) < 4.78 is 0. The highest BCUT2D eigenvalue weighted by Gasteiger charge is 2.14. The summed E-state index contributed by atoms with van der Waals surface area (Å²) in [5.41, 5.74) is 2.48. The average Bonchev–Trinajstić information content (AvgIpc) is 3.00. The van der Waals surface area contributed by atoms with Crippen LogP contribution in [0.4, 0.5) is 11.8 Å². The number of rotatable bonds is 4. The van der Waals surface area contributed by atoms with E-state index in [4.69, 9.17) is 23.2 Å². The first-order valence-corrected chi connectivity index (χ1v) is 8.60. The summed E-state index contributed by atoms with van der Waals surface area (Å²) >= 11 is 12.3. The Morgan fingerprint density at radius 1 is 1.08 bits per heavy atom. The van der Waals surface area contributed by atoms with Crippen LogP contribution in [0.2, 0.25) is 10.0 Å². The molecule has 0 saturated carbocycles. The molecule has 0 fully saturated rings. The Morgan fingerprint density at radius 3 is 2.48 bits per heavy atom. The molecule has 0 aliphatic carbocycles. The van der Waals surface area contributed by atoms with E-state index >= 15 is 0 Å². The first-order chi connectivity index (χ1) is 11.8. The van der Waals surface area contributed by atoms with Crippen LogP contribution in [0.25, 0.3) is 11.4 Å². The lowest BCUT2D eigenvalue weighted by Gasteiger charge is -2.11. The molecule has 0 unspecified atom stereocenters. The van der Waals surface area contributed by atoms with E-state index in [1.165, 1.54) is 0 Å². The number of aromatic amines is 1. The second-order valence-electron chi connectivity index (χ2n) is 6.05. The summed E-state index contributed by atoms with van der Waals surface area (Å²) in [6.45, 7) is 7.96. The Bertz CT molecular complexity index is 919. The van der Waals surface area contributed by atoms with Gasteiger partial charge in [0.2, 0.25) is 5.95 Å². The van der Waals surface area contributed by atoms with E-state index < -0.39 is 0 Å². The summed E-state index contributed by atoms with van der Waals surface area (Å²) in [6, 6.07) is 5.25. The van der Waals surface area contributed by atoms with Crippen LogP contribution in [-0.2, 0) is 0 Å². The molecule has 25 heavy (non-hydrogen) atoms. The predicted octanol–water partition coefficient (Wildman–Crippen LogP) is 5.05. The number of anilines is 2. The number of hydrogen-bond donors (Lipinski definition) is 2. The molecule has 0 saturated heterocycles. The van der Waals surface area contributed by atoms with Crippen molar-refractivity contribution < 1.29 is 0 Å². The molecule has 3 rings (SSSR count). The maximum Gasteiger partial charge on any atom is 0.247 e. The number of hydrogen-bond acceptors (Lipinski definition) is 5. The number of nitrogens with zero attached hydrogens (tertiary/aromatic N) is 4. The van der Waals surface area contributed by atoms with Gasteiger partial charge in [0.1, 0.15) is 11.6 Å². The van der Waals surface area contributed by atoms with Gasteiger partial charge in [0.25, 0.3) is 0 Å². The van der Waals surface area contributed by atoms with Crippen LogP contribution in [0.15, 0.2) is 18.2 Å². The van der Waals surface area contributed by atoms with E-state index in [0.29, 0.717) is 27.6 Å². The number of benzene rings is 1. The fourth-order valence-electron chi connectivity index (χ4n) is 2.24. The van der Waals surface area contributed by atoms with Crippen LogP contribution in [0.1, 0.15) is 36.8 Å². The molecule has 0 atom stereocenters. The van der Waals surface area contributed by atoms with Crippen LogP contribution >= 0.6 is 23.2 Å². The van der Waals surface area contributed by atoms with Crippen LogP contribution in [0.3, 0.4) is 0 Å².